The Bertz CT molecular complexity index is 1440. The van der Waals surface area contributed by atoms with Gasteiger partial charge >= 0.3 is 6.18 Å². The van der Waals surface area contributed by atoms with Gasteiger partial charge in [-0.3, -0.25) is 9.78 Å². The largest absolute Gasteiger partial charge is 0.402 e. The van der Waals surface area contributed by atoms with E-state index in [9.17, 15) is 26.4 Å². The highest BCUT2D eigenvalue weighted by molar-refractivity contribution is 7.89. The molecule has 0 spiro atoms. The lowest BCUT2D eigenvalue weighted by Crippen LogP contribution is -2.33. The SMILES string of the molecule is O=C(Nc1ccc(S(=O)(=O)NCC(F)(F)F)cc1)c1cc(-c2cccnc2)nc2ccccc12. The molecule has 0 aliphatic rings. The number of rotatable bonds is 6. The predicted molar refractivity (Wildman–Crippen MR) is 121 cm³/mol. The number of sulfonamides is 1. The average Bonchev–Trinajstić information content (AvgIpc) is 2.82. The third-order valence-electron chi connectivity index (χ3n) is 4.80. The van der Waals surface area contributed by atoms with Gasteiger partial charge in [0.1, 0.15) is 6.54 Å². The molecule has 11 heteroatoms. The quantitative estimate of drug-likeness (QED) is 0.421. The maximum atomic E-state index is 13.1. The Balaban J connectivity index is 1.60. The van der Waals surface area contributed by atoms with Crippen molar-refractivity contribution in [3.63, 3.8) is 0 Å². The van der Waals surface area contributed by atoms with Crippen LogP contribution in [0.4, 0.5) is 18.9 Å². The number of anilines is 1. The van der Waals surface area contributed by atoms with Crippen molar-refractivity contribution in [3.05, 3.63) is 84.7 Å². The number of nitrogens with one attached hydrogen (secondary N) is 2. The minimum absolute atomic E-state index is 0.267. The Morgan fingerprint density at radius 3 is 2.38 bits per heavy atom. The molecule has 0 aliphatic heterocycles. The van der Waals surface area contributed by atoms with E-state index in [1.54, 1.807) is 48.8 Å². The standard InChI is InChI=1S/C23H17F3N4O3S/c24-23(25,26)14-28-34(32,33)17-9-7-16(8-10-17)29-22(31)19-12-21(15-4-3-11-27-13-15)30-20-6-2-1-5-18(19)20/h1-13,28H,14H2,(H,29,31). The van der Waals surface area contributed by atoms with Crippen LogP contribution < -0.4 is 10.0 Å². The monoisotopic (exact) mass is 486 g/mol. The van der Waals surface area contributed by atoms with Gasteiger partial charge in [0.25, 0.3) is 5.91 Å². The van der Waals surface area contributed by atoms with Crippen LogP contribution in [-0.4, -0.2) is 37.0 Å². The molecule has 0 saturated carbocycles. The number of amides is 1. The number of aromatic nitrogens is 2. The van der Waals surface area contributed by atoms with Crippen LogP contribution in [0.5, 0.6) is 0 Å². The van der Waals surface area contributed by atoms with Crippen LogP contribution in [0.15, 0.2) is 84.0 Å². The Morgan fingerprint density at radius 1 is 0.971 bits per heavy atom. The number of benzene rings is 2. The second kappa shape index (κ2) is 9.20. The highest BCUT2D eigenvalue weighted by atomic mass is 32.2. The van der Waals surface area contributed by atoms with Crippen LogP contribution in [-0.2, 0) is 10.0 Å². The first-order valence-corrected chi connectivity index (χ1v) is 11.4. The van der Waals surface area contributed by atoms with Gasteiger partial charge in [0.05, 0.1) is 21.7 Å². The molecule has 0 radical (unpaired) electrons. The van der Waals surface area contributed by atoms with Crippen molar-refractivity contribution < 1.29 is 26.4 Å². The molecule has 1 amide bonds. The predicted octanol–water partition coefficient (Wildman–Crippen LogP) is 4.39. The summed E-state index contributed by atoms with van der Waals surface area (Å²) in [7, 11) is -4.35. The topological polar surface area (TPSA) is 101 Å². The molecule has 2 aromatic carbocycles. The highest BCUT2D eigenvalue weighted by Crippen LogP contribution is 2.25. The van der Waals surface area contributed by atoms with Crippen LogP contribution in [0.2, 0.25) is 0 Å². The molecular formula is C23H17F3N4O3S. The summed E-state index contributed by atoms with van der Waals surface area (Å²) in [6, 6.07) is 17.1. The van der Waals surface area contributed by atoms with Gasteiger partial charge in [-0.1, -0.05) is 18.2 Å². The zero-order chi connectivity index (χ0) is 24.3. The minimum Gasteiger partial charge on any atom is -0.322 e. The average molecular weight is 486 g/mol. The molecule has 2 heterocycles. The number of halogens is 3. The van der Waals surface area contributed by atoms with Crippen LogP contribution in [0, 0.1) is 0 Å². The van der Waals surface area contributed by atoms with Gasteiger partial charge in [-0.2, -0.15) is 13.2 Å². The smallest absolute Gasteiger partial charge is 0.322 e. The Kier molecular flexibility index (Phi) is 6.31. The van der Waals surface area contributed by atoms with Crippen LogP contribution in [0.3, 0.4) is 0 Å². The van der Waals surface area contributed by atoms with Gasteiger partial charge in [0.2, 0.25) is 10.0 Å². The number of hydrogen-bond donors (Lipinski definition) is 2. The van der Waals surface area contributed by atoms with E-state index < -0.39 is 28.7 Å². The van der Waals surface area contributed by atoms with Gasteiger partial charge in [-0.15, -0.1) is 0 Å². The fourth-order valence-electron chi connectivity index (χ4n) is 3.20. The Morgan fingerprint density at radius 2 is 1.71 bits per heavy atom. The van der Waals surface area contributed by atoms with Gasteiger partial charge in [-0.25, -0.2) is 18.1 Å². The minimum atomic E-state index is -4.68. The van der Waals surface area contributed by atoms with E-state index in [-0.39, 0.29) is 10.6 Å². The van der Waals surface area contributed by atoms with Crippen molar-refractivity contribution in [2.24, 2.45) is 0 Å². The fourth-order valence-corrected chi connectivity index (χ4v) is 4.22. The number of alkyl halides is 3. The number of carbonyl (C=O) groups excluding carboxylic acids is 1. The van der Waals surface area contributed by atoms with Crippen LogP contribution in [0.1, 0.15) is 10.4 Å². The number of para-hydroxylation sites is 1. The number of hydrogen-bond acceptors (Lipinski definition) is 5. The van der Waals surface area contributed by atoms with Gasteiger partial charge < -0.3 is 5.32 Å². The molecule has 0 aliphatic carbocycles. The van der Waals surface area contributed by atoms with E-state index in [0.29, 0.717) is 22.2 Å². The first-order chi connectivity index (χ1) is 16.1. The lowest BCUT2D eigenvalue weighted by Gasteiger charge is -2.12. The summed E-state index contributed by atoms with van der Waals surface area (Å²) in [6.45, 7) is -1.68. The van der Waals surface area contributed by atoms with Crippen molar-refractivity contribution in [3.8, 4) is 11.3 Å². The normalized spacial score (nSPS) is 12.0. The second-order valence-corrected chi connectivity index (χ2v) is 9.00. The summed E-state index contributed by atoms with van der Waals surface area (Å²) in [5.74, 6) is -0.463. The molecule has 2 aromatic heterocycles. The van der Waals surface area contributed by atoms with Crippen molar-refractivity contribution in [1.29, 1.82) is 0 Å². The summed E-state index contributed by atoms with van der Waals surface area (Å²) in [5, 5.41) is 3.30. The van der Waals surface area contributed by atoms with E-state index in [4.69, 9.17) is 0 Å². The molecule has 0 saturated heterocycles. The molecule has 4 rings (SSSR count). The van der Waals surface area contributed by atoms with Gasteiger partial charge in [0, 0.05) is 29.0 Å². The Labute approximate surface area is 192 Å². The van der Waals surface area contributed by atoms with E-state index in [1.165, 1.54) is 16.9 Å². The first kappa shape index (κ1) is 23.3. The highest BCUT2D eigenvalue weighted by Gasteiger charge is 2.30. The molecule has 0 atom stereocenters. The van der Waals surface area contributed by atoms with Crippen molar-refractivity contribution in [2.45, 2.75) is 11.1 Å². The van der Waals surface area contributed by atoms with Gasteiger partial charge in [0.15, 0.2) is 0 Å². The lowest BCUT2D eigenvalue weighted by atomic mass is 10.0. The van der Waals surface area contributed by atoms with Crippen molar-refractivity contribution >= 4 is 32.5 Å². The summed E-state index contributed by atoms with van der Waals surface area (Å²) in [4.78, 5) is 21.4. The summed E-state index contributed by atoms with van der Waals surface area (Å²) < 4.78 is 62.6. The van der Waals surface area contributed by atoms with E-state index in [2.05, 4.69) is 15.3 Å². The molecule has 0 fully saturated rings. The summed E-state index contributed by atoms with van der Waals surface area (Å²) >= 11 is 0. The number of fused-ring (bicyclic) bond motifs is 1. The van der Waals surface area contributed by atoms with Crippen LogP contribution >= 0.6 is 0 Å². The molecule has 0 unspecified atom stereocenters. The molecule has 7 nitrogen and oxygen atoms in total. The first-order valence-electron chi connectivity index (χ1n) is 9.90. The van der Waals surface area contributed by atoms with E-state index in [1.807, 2.05) is 6.07 Å². The molecule has 0 bridgehead atoms. The lowest BCUT2D eigenvalue weighted by molar-refractivity contribution is -0.121. The molecule has 174 valence electrons. The summed E-state index contributed by atoms with van der Waals surface area (Å²) in [6.07, 6.45) is -1.42. The summed E-state index contributed by atoms with van der Waals surface area (Å²) in [5.41, 5.74) is 2.49. The van der Waals surface area contributed by atoms with Crippen molar-refractivity contribution in [2.75, 3.05) is 11.9 Å². The molecular weight excluding hydrogens is 469 g/mol. The fraction of sp³-hybridized carbons (Fsp3) is 0.0870. The second-order valence-electron chi connectivity index (χ2n) is 7.23. The zero-order valence-electron chi connectivity index (χ0n) is 17.4. The molecule has 34 heavy (non-hydrogen) atoms. The number of carbonyl (C=O) groups is 1. The number of nitrogens with zero attached hydrogens (tertiary/aromatic N) is 2. The Hall–Kier alpha value is -3.83. The third-order valence-corrected chi connectivity index (χ3v) is 6.22. The van der Waals surface area contributed by atoms with Gasteiger partial charge in [-0.05, 0) is 48.5 Å². The maximum Gasteiger partial charge on any atom is 0.402 e. The van der Waals surface area contributed by atoms with Crippen molar-refractivity contribution in [1.82, 2.24) is 14.7 Å². The third kappa shape index (κ3) is 5.38. The zero-order valence-corrected chi connectivity index (χ0v) is 18.2. The van der Waals surface area contributed by atoms with Crippen LogP contribution in [0.25, 0.3) is 22.2 Å². The maximum absolute atomic E-state index is 13.1. The molecule has 4 aromatic rings. The van der Waals surface area contributed by atoms with E-state index in [0.717, 1.165) is 17.7 Å². The van der Waals surface area contributed by atoms with E-state index >= 15 is 0 Å². The number of pyridine rings is 2. The molecule has 2 N–H and O–H groups in total.